The molecule has 1 aliphatic heterocycles. The molecule has 0 amide bonds. The van der Waals surface area contributed by atoms with Gasteiger partial charge in [0.15, 0.2) is 0 Å². The average Bonchev–Trinajstić information content (AvgIpc) is 2.33. The fourth-order valence-corrected chi connectivity index (χ4v) is 2.29. The third kappa shape index (κ3) is 3.29. The van der Waals surface area contributed by atoms with Crippen molar-refractivity contribution in [3.8, 4) is 0 Å². The van der Waals surface area contributed by atoms with Crippen molar-refractivity contribution in [3.05, 3.63) is 30.1 Å². The van der Waals surface area contributed by atoms with Gasteiger partial charge in [0, 0.05) is 31.5 Å². The summed E-state index contributed by atoms with van der Waals surface area (Å²) in [6.07, 6.45) is 7.81. The van der Waals surface area contributed by atoms with Gasteiger partial charge in [0.05, 0.1) is 0 Å². The molecule has 3 nitrogen and oxygen atoms in total. The Morgan fingerprint density at radius 3 is 3.19 bits per heavy atom. The van der Waals surface area contributed by atoms with E-state index in [-0.39, 0.29) is 0 Å². The molecule has 1 unspecified atom stereocenters. The van der Waals surface area contributed by atoms with E-state index in [1.807, 2.05) is 18.5 Å². The van der Waals surface area contributed by atoms with Crippen LogP contribution in [0.2, 0.25) is 0 Å². The fourth-order valence-electron chi connectivity index (χ4n) is 2.29. The monoisotopic (exact) mass is 219 g/mol. The minimum absolute atomic E-state index is 0.713. The normalized spacial score (nSPS) is 22.2. The van der Waals surface area contributed by atoms with Gasteiger partial charge in [-0.25, -0.2) is 0 Å². The molecule has 88 valence electrons. The summed E-state index contributed by atoms with van der Waals surface area (Å²) in [7, 11) is 2.23. The van der Waals surface area contributed by atoms with Crippen LogP contribution in [0.15, 0.2) is 24.5 Å². The van der Waals surface area contributed by atoms with E-state index in [4.69, 9.17) is 0 Å². The molecule has 16 heavy (non-hydrogen) atoms. The van der Waals surface area contributed by atoms with Gasteiger partial charge >= 0.3 is 0 Å². The van der Waals surface area contributed by atoms with Gasteiger partial charge in [-0.3, -0.25) is 4.98 Å². The van der Waals surface area contributed by atoms with Crippen LogP contribution in [0.25, 0.3) is 0 Å². The highest BCUT2D eigenvalue weighted by atomic mass is 15.2. The summed E-state index contributed by atoms with van der Waals surface area (Å²) in [5.74, 6) is 0. The molecule has 3 heteroatoms. The van der Waals surface area contributed by atoms with E-state index in [2.05, 4.69) is 28.3 Å². The lowest BCUT2D eigenvalue weighted by Gasteiger charge is -2.32. The van der Waals surface area contributed by atoms with Gasteiger partial charge in [0.25, 0.3) is 0 Å². The summed E-state index contributed by atoms with van der Waals surface area (Å²) < 4.78 is 0. The molecule has 0 aliphatic carbocycles. The van der Waals surface area contributed by atoms with Crippen LogP contribution in [0.5, 0.6) is 0 Å². The molecule has 1 aromatic heterocycles. The maximum atomic E-state index is 4.11. The minimum atomic E-state index is 0.713. The molecule has 1 aromatic rings. The summed E-state index contributed by atoms with van der Waals surface area (Å²) in [5, 5.41) is 3.52. The Kier molecular flexibility index (Phi) is 4.31. The smallest absolute Gasteiger partial charge is 0.0312 e. The summed E-state index contributed by atoms with van der Waals surface area (Å²) in [6.45, 7) is 3.27. The van der Waals surface area contributed by atoms with Gasteiger partial charge in [-0.05, 0) is 38.1 Å². The summed E-state index contributed by atoms with van der Waals surface area (Å²) in [5.41, 5.74) is 1.26. The molecule has 1 atom stereocenters. The molecule has 1 fully saturated rings. The molecule has 0 spiro atoms. The van der Waals surface area contributed by atoms with Crippen molar-refractivity contribution in [2.45, 2.75) is 31.8 Å². The van der Waals surface area contributed by atoms with Crippen molar-refractivity contribution in [1.82, 2.24) is 15.2 Å². The van der Waals surface area contributed by atoms with Crippen molar-refractivity contribution in [2.24, 2.45) is 0 Å². The molecule has 0 saturated carbocycles. The molecule has 2 rings (SSSR count). The lowest BCUT2D eigenvalue weighted by molar-refractivity contribution is 0.181. The Bertz CT molecular complexity index is 299. The highest BCUT2D eigenvalue weighted by Crippen LogP contribution is 2.14. The molecule has 1 N–H and O–H groups in total. The minimum Gasteiger partial charge on any atom is -0.311 e. The van der Waals surface area contributed by atoms with Crippen LogP contribution < -0.4 is 5.32 Å². The number of likely N-dealkylation sites (N-methyl/N-ethyl adjacent to an activating group) is 1. The van der Waals surface area contributed by atoms with E-state index >= 15 is 0 Å². The summed E-state index contributed by atoms with van der Waals surface area (Å²) >= 11 is 0. The molecular weight excluding hydrogens is 198 g/mol. The van der Waals surface area contributed by atoms with Crippen LogP contribution in [-0.2, 0) is 6.54 Å². The van der Waals surface area contributed by atoms with Crippen LogP contribution in [0, 0.1) is 0 Å². The Hall–Kier alpha value is -0.930. The first-order valence-corrected chi connectivity index (χ1v) is 6.16. The largest absolute Gasteiger partial charge is 0.311 e. The fraction of sp³-hybridized carbons (Fsp3) is 0.615. The second-order valence-corrected chi connectivity index (χ2v) is 4.62. The van der Waals surface area contributed by atoms with Crippen molar-refractivity contribution in [3.63, 3.8) is 0 Å². The third-order valence-electron chi connectivity index (χ3n) is 3.35. The number of likely N-dealkylation sites (tertiary alicyclic amines) is 1. The highest BCUT2D eigenvalue weighted by Gasteiger charge is 2.17. The predicted molar refractivity (Wildman–Crippen MR) is 66.2 cm³/mol. The van der Waals surface area contributed by atoms with Crippen molar-refractivity contribution in [2.75, 3.05) is 20.1 Å². The quantitative estimate of drug-likeness (QED) is 0.834. The molecule has 2 heterocycles. The number of aromatic nitrogens is 1. The molecule has 0 aromatic carbocycles. The Labute approximate surface area is 97.9 Å². The van der Waals surface area contributed by atoms with Crippen molar-refractivity contribution < 1.29 is 0 Å². The van der Waals surface area contributed by atoms with Gasteiger partial charge in [0.2, 0.25) is 0 Å². The van der Waals surface area contributed by atoms with E-state index < -0.39 is 0 Å². The van der Waals surface area contributed by atoms with Crippen LogP contribution in [0.1, 0.15) is 24.8 Å². The lowest BCUT2D eigenvalue weighted by atomic mass is 10.0. The molecule has 0 bridgehead atoms. The van der Waals surface area contributed by atoms with E-state index in [1.165, 1.54) is 31.4 Å². The third-order valence-corrected chi connectivity index (χ3v) is 3.35. The summed E-state index contributed by atoms with van der Waals surface area (Å²) in [4.78, 5) is 6.59. The molecule has 0 radical (unpaired) electrons. The lowest BCUT2D eigenvalue weighted by Crippen LogP contribution is -2.42. The first kappa shape index (κ1) is 11.6. The highest BCUT2D eigenvalue weighted by molar-refractivity contribution is 5.07. The van der Waals surface area contributed by atoms with Gasteiger partial charge in [-0.1, -0.05) is 12.5 Å². The van der Waals surface area contributed by atoms with Crippen LogP contribution in [0.3, 0.4) is 0 Å². The number of nitrogens with one attached hydrogen (secondary N) is 1. The predicted octanol–water partition coefficient (Wildman–Crippen LogP) is 1.66. The maximum Gasteiger partial charge on any atom is 0.0312 e. The van der Waals surface area contributed by atoms with E-state index in [9.17, 15) is 0 Å². The van der Waals surface area contributed by atoms with E-state index in [1.54, 1.807) is 0 Å². The maximum absolute atomic E-state index is 4.11. The van der Waals surface area contributed by atoms with E-state index in [0.717, 1.165) is 13.1 Å². The number of nitrogens with zero attached hydrogens (tertiary/aromatic N) is 2. The standard InChI is InChI=1S/C13H21N3/c1-16-8-3-2-6-13(16)11-15-10-12-5-4-7-14-9-12/h4-5,7,9,13,15H,2-3,6,8,10-11H2,1H3. The zero-order chi connectivity index (χ0) is 11.2. The topological polar surface area (TPSA) is 28.2 Å². The zero-order valence-electron chi connectivity index (χ0n) is 10.0. The van der Waals surface area contributed by atoms with Gasteiger partial charge in [-0.15, -0.1) is 0 Å². The number of piperidine rings is 1. The first-order chi connectivity index (χ1) is 7.86. The van der Waals surface area contributed by atoms with Gasteiger partial charge in [-0.2, -0.15) is 0 Å². The Morgan fingerprint density at radius 1 is 1.50 bits per heavy atom. The number of pyridine rings is 1. The van der Waals surface area contributed by atoms with Crippen molar-refractivity contribution >= 4 is 0 Å². The molecule has 1 saturated heterocycles. The average molecular weight is 219 g/mol. The first-order valence-electron chi connectivity index (χ1n) is 6.16. The molecule has 1 aliphatic rings. The Balaban J connectivity index is 1.71. The van der Waals surface area contributed by atoms with E-state index in [0.29, 0.717) is 6.04 Å². The van der Waals surface area contributed by atoms with Crippen molar-refractivity contribution in [1.29, 1.82) is 0 Å². The number of rotatable bonds is 4. The van der Waals surface area contributed by atoms with Gasteiger partial charge < -0.3 is 10.2 Å². The SMILES string of the molecule is CN1CCCCC1CNCc1cccnc1. The molecular formula is C13H21N3. The van der Waals surface area contributed by atoms with Crippen LogP contribution in [-0.4, -0.2) is 36.1 Å². The summed E-state index contributed by atoms with van der Waals surface area (Å²) in [6, 6.07) is 4.82. The van der Waals surface area contributed by atoms with Gasteiger partial charge in [0.1, 0.15) is 0 Å². The second kappa shape index (κ2) is 5.97. The number of hydrogen-bond acceptors (Lipinski definition) is 3. The number of hydrogen-bond donors (Lipinski definition) is 1. The van der Waals surface area contributed by atoms with Crippen LogP contribution >= 0.6 is 0 Å². The zero-order valence-corrected chi connectivity index (χ0v) is 10.0. The van der Waals surface area contributed by atoms with Crippen LogP contribution in [0.4, 0.5) is 0 Å². The Morgan fingerprint density at radius 2 is 2.44 bits per heavy atom. The second-order valence-electron chi connectivity index (χ2n) is 4.62.